The molecule has 0 bridgehead atoms. The number of ether oxygens (including phenoxy) is 2. The molecule has 224 valence electrons. The fourth-order valence-electron chi connectivity index (χ4n) is 2.98. The highest BCUT2D eigenvalue weighted by Gasteiger charge is 2.28. The Bertz CT molecular complexity index is 1190. The summed E-state index contributed by atoms with van der Waals surface area (Å²) in [6, 6.07) is 17.7. The summed E-state index contributed by atoms with van der Waals surface area (Å²) in [6.45, 7) is 10.0. The van der Waals surface area contributed by atoms with Crippen molar-refractivity contribution in [2.45, 2.75) is 55.1 Å². The first-order valence-electron chi connectivity index (χ1n) is 13.1. The summed E-state index contributed by atoms with van der Waals surface area (Å²) in [4.78, 5) is 41.9. The third kappa shape index (κ3) is 12.0. The van der Waals surface area contributed by atoms with Crippen LogP contribution in [0.3, 0.4) is 0 Å². The van der Waals surface area contributed by atoms with E-state index in [1.54, 1.807) is 41.5 Å². The van der Waals surface area contributed by atoms with Crippen LogP contribution in [0.15, 0.2) is 66.5 Å². The zero-order chi connectivity index (χ0) is 30.7. The molecule has 41 heavy (non-hydrogen) atoms. The Kier molecular flexibility index (Phi) is 12.5. The van der Waals surface area contributed by atoms with Crippen molar-refractivity contribution < 1.29 is 42.3 Å². The van der Waals surface area contributed by atoms with Crippen molar-refractivity contribution in [2.75, 3.05) is 20.1 Å². The van der Waals surface area contributed by atoms with Gasteiger partial charge in [-0.1, -0.05) is 60.7 Å². The van der Waals surface area contributed by atoms with Gasteiger partial charge in [0.2, 0.25) is 19.5 Å². The number of benzene rings is 2. The van der Waals surface area contributed by atoms with Gasteiger partial charge in [-0.15, -0.1) is 0 Å². The molecule has 11 heteroatoms. The van der Waals surface area contributed by atoms with Crippen molar-refractivity contribution in [3.8, 4) is 11.1 Å². The van der Waals surface area contributed by atoms with Gasteiger partial charge in [0, 0.05) is 12.7 Å². The smallest absolute Gasteiger partial charge is 0.359 e. The molecule has 0 saturated carbocycles. The number of esters is 2. The van der Waals surface area contributed by atoms with Crippen LogP contribution < -0.4 is 0 Å². The molecule has 0 saturated heterocycles. The SMILES string of the molecule is CC(=O)N(C/C=C/P(=O)(OCOC(=O)C(C)(C)C)OCOC(=O)C(C)(C)C)OCc1ccc(-c2ccccc2)cc1. The number of hydrogen-bond acceptors (Lipinski definition) is 9. The number of amides is 1. The Hall–Kier alpha value is -3.30. The van der Waals surface area contributed by atoms with E-state index in [2.05, 4.69) is 0 Å². The molecule has 2 rings (SSSR count). The molecule has 0 atom stereocenters. The summed E-state index contributed by atoms with van der Waals surface area (Å²) in [7, 11) is -4.06. The van der Waals surface area contributed by atoms with Crippen LogP contribution in [-0.4, -0.2) is 43.0 Å². The van der Waals surface area contributed by atoms with Gasteiger partial charge in [-0.05, 0) is 58.2 Å². The lowest BCUT2D eigenvalue weighted by molar-refractivity contribution is -0.185. The highest BCUT2D eigenvalue weighted by molar-refractivity contribution is 7.57. The Morgan fingerprint density at radius 3 is 1.73 bits per heavy atom. The van der Waals surface area contributed by atoms with E-state index in [-0.39, 0.29) is 19.1 Å². The van der Waals surface area contributed by atoms with Gasteiger partial charge in [0.25, 0.3) is 0 Å². The van der Waals surface area contributed by atoms with Crippen molar-refractivity contribution in [1.29, 1.82) is 0 Å². The predicted molar refractivity (Wildman–Crippen MR) is 154 cm³/mol. The molecular weight excluding hydrogens is 549 g/mol. The standard InChI is InChI=1S/C30H40NO9P/c1-23(32)31(38-20-24-14-16-26(17-15-24)25-12-9-8-10-13-25)18-11-19-41(35,39-21-36-27(33)29(2,3)4)40-22-37-28(34)30(5,6)7/h8-17,19H,18,20-22H2,1-7H3/b19-11+. The topological polar surface area (TPSA) is 118 Å². The Labute approximate surface area is 242 Å². The molecule has 0 spiro atoms. The first kappa shape index (κ1) is 33.9. The first-order valence-corrected chi connectivity index (χ1v) is 14.7. The van der Waals surface area contributed by atoms with Gasteiger partial charge >= 0.3 is 19.5 Å². The van der Waals surface area contributed by atoms with Gasteiger partial charge in [0.05, 0.1) is 17.4 Å². The van der Waals surface area contributed by atoms with E-state index in [1.165, 1.54) is 13.0 Å². The van der Waals surface area contributed by atoms with Crippen LogP contribution in [-0.2, 0) is 48.9 Å². The number of nitrogens with zero attached hydrogens (tertiary/aromatic N) is 1. The molecule has 10 nitrogen and oxygen atoms in total. The maximum atomic E-state index is 13.3. The van der Waals surface area contributed by atoms with Crippen molar-refractivity contribution in [3.63, 3.8) is 0 Å². The molecule has 0 radical (unpaired) electrons. The van der Waals surface area contributed by atoms with Crippen LogP contribution in [0.5, 0.6) is 0 Å². The van der Waals surface area contributed by atoms with Crippen LogP contribution in [0.4, 0.5) is 0 Å². The second-order valence-corrected chi connectivity index (χ2v) is 13.1. The minimum Gasteiger partial charge on any atom is -0.438 e. The molecular formula is C30H40NO9P. The number of hydroxylamine groups is 2. The van der Waals surface area contributed by atoms with Gasteiger partial charge in [0.15, 0.2) is 0 Å². The van der Waals surface area contributed by atoms with Crippen LogP contribution in [0.2, 0.25) is 0 Å². The largest absolute Gasteiger partial charge is 0.438 e. The van der Waals surface area contributed by atoms with E-state index < -0.39 is 44.0 Å². The number of carbonyl (C=O) groups excluding carboxylic acids is 3. The second kappa shape index (κ2) is 15.1. The van der Waals surface area contributed by atoms with Crippen molar-refractivity contribution >= 4 is 25.4 Å². The molecule has 0 heterocycles. The monoisotopic (exact) mass is 589 g/mol. The van der Waals surface area contributed by atoms with Gasteiger partial charge in [-0.25, -0.2) is 5.06 Å². The summed E-state index contributed by atoms with van der Waals surface area (Å²) >= 11 is 0. The van der Waals surface area contributed by atoms with E-state index >= 15 is 0 Å². The zero-order valence-electron chi connectivity index (χ0n) is 24.7. The molecule has 0 unspecified atom stereocenters. The maximum Gasteiger partial charge on any atom is 0.359 e. The van der Waals surface area contributed by atoms with Crippen LogP contribution >= 0.6 is 7.60 Å². The Morgan fingerprint density at radius 2 is 1.27 bits per heavy atom. The minimum absolute atomic E-state index is 0.0856. The quantitative estimate of drug-likeness (QED) is 0.112. The average Bonchev–Trinajstić information content (AvgIpc) is 2.90. The molecule has 1 amide bonds. The summed E-state index contributed by atoms with van der Waals surface area (Å²) in [5, 5.41) is 1.09. The fraction of sp³-hybridized carbons (Fsp3) is 0.433. The molecule has 0 N–H and O–H groups in total. The molecule has 0 aliphatic rings. The molecule has 0 aliphatic carbocycles. The minimum atomic E-state index is -4.06. The molecule has 0 fully saturated rings. The van der Waals surface area contributed by atoms with Crippen molar-refractivity contribution in [2.24, 2.45) is 10.8 Å². The summed E-state index contributed by atoms with van der Waals surface area (Å²) < 4.78 is 33.9. The van der Waals surface area contributed by atoms with Gasteiger partial charge in [0.1, 0.15) is 6.61 Å². The lowest BCUT2D eigenvalue weighted by Crippen LogP contribution is -2.29. The molecule has 0 aromatic heterocycles. The van der Waals surface area contributed by atoms with Gasteiger partial charge in [-0.3, -0.25) is 32.8 Å². The summed E-state index contributed by atoms with van der Waals surface area (Å²) in [5.74, 6) is -0.428. The molecule has 0 aliphatic heterocycles. The van der Waals surface area contributed by atoms with Gasteiger partial charge < -0.3 is 9.47 Å². The lowest BCUT2D eigenvalue weighted by atomic mass is 9.98. The fourth-order valence-corrected chi connectivity index (χ4v) is 3.98. The average molecular weight is 590 g/mol. The van der Waals surface area contributed by atoms with Gasteiger partial charge in [-0.2, -0.15) is 0 Å². The predicted octanol–water partition coefficient (Wildman–Crippen LogP) is 6.47. The second-order valence-electron chi connectivity index (χ2n) is 11.2. The third-order valence-corrected chi connectivity index (χ3v) is 6.94. The highest BCUT2D eigenvalue weighted by Crippen LogP contribution is 2.50. The zero-order valence-corrected chi connectivity index (χ0v) is 25.6. The van der Waals surface area contributed by atoms with Crippen LogP contribution in [0, 0.1) is 10.8 Å². The number of rotatable bonds is 13. The molecule has 2 aromatic rings. The summed E-state index contributed by atoms with van der Waals surface area (Å²) in [6.07, 6.45) is 1.36. The first-order chi connectivity index (χ1) is 19.1. The van der Waals surface area contributed by atoms with Crippen LogP contribution in [0.25, 0.3) is 11.1 Å². The highest BCUT2D eigenvalue weighted by atomic mass is 31.2. The van der Waals surface area contributed by atoms with Crippen molar-refractivity contribution in [3.05, 3.63) is 72.1 Å². The Morgan fingerprint density at radius 1 is 0.780 bits per heavy atom. The lowest BCUT2D eigenvalue weighted by Gasteiger charge is -2.21. The van der Waals surface area contributed by atoms with E-state index in [1.807, 2.05) is 54.6 Å². The van der Waals surface area contributed by atoms with E-state index in [0.717, 1.165) is 27.6 Å². The number of hydrogen-bond donors (Lipinski definition) is 0. The summed E-state index contributed by atoms with van der Waals surface area (Å²) in [5.41, 5.74) is 1.39. The van der Waals surface area contributed by atoms with E-state index in [0.29, 0.717) is 0 Å². The Balaban J connectivity index is 2.02. The van der Waals surface area contributed by atoms with E-state index in [9.17, 15) is 18.9 Å². The van der Waals surface area contributed by atoms with Crippen LogP contribution in [0.1, 0.15) is 54.0 Å². The molecule has 2 aromatic carbocycles. The normalized spacial score (nSPS) is 12.3. The van der Waals surface area contributed by atoms with Crippen molar-refractivity contribution in [1.82, 2.24) is 5.06 Å². The number of carbonyl (C=O) groups is 3. The van der Waals surface area contributed by atoms with E-state index in [4.69, 9.17) is 23.4 Å². The maximum absolute atomic E-state index is 13.3. The third-order valence-electron chi connectivity index (χ3n) is 5.43.